The van der Waals surface area contributed by atoms with Crippen molar-refractivity contribution in [2.75, 3.05) is 0 Å². The Hall–Kier alpha value is 0.363. The Morgan fingerprint density at radius 3 is 0.400 bits per heavy atom. The van der Waals surface area contributed by atoms with Gasteiger partial charge < -0.3 is 0 Å². The maximum Gasteiger partial charge on any atom is 0 e. The van der Waals surface area contributed by atoms with E-state index in [1.807, 2.05) is 0 Å². The van der Waals surface area contributed by atoms with Gasteiger partial charge in [-0.1, -0.05) is 69.2 Å². The standard InChI is InChI=1S/2C10H15.2CO.Zr/c2*1-6-7(2)9(4)10(5)8(6)3;2*1-2;/h2*1-5H3;;;. The van der Waals surface area contributed by atoms with Gasteiger partial charge >= 0.3 is 22.6 Å². The van der Waals surface area contributed by atoms with Crippen molar-refractivity contribution in [1.82, 2.24) is 0 Å². The average molecular weight is 418 g/mol. The fourth-order valence-electron chi connectivity index (χ4n) is 2.81. The Morgan fingerprint density at radius 2 is 0.360 bits per heavy atom. The Balaban J connectivity index is -0.000000312. The monoisotopic (exact) mass is 416 g/mol. The zero-order valence-corrected chi connectivity index (χ0v) is 19.8. The number of rotatable bonds is 0. The third-order valence-corrected chi connectivity index (χ3v) is 5.62. The average Bonchev–Trinajstić information content (AvgIpc) is 2.89. The molecule has 2 fully saturated rings. The van der Waals surface area contributed by atoms with Gasteiger partial charge in [-0.15, -0.1) is 0 Å². The molecule has 0 aromatic rings. The molecule has 2 aliphatic rings. The Morgan fingerprint density at radius 1 is 0.320 bits per heavy atom. The second-order valence-electron chi connectivity index (χ2n) is 6.25. The van der Waals surface area contributed by atoms with E-state index in [1.54, 1.807) is 0 Å². The molecule has 0 atom stereocenters. The van der Waals surface area contributed by atoms with Crippen LogP contribution in [0.25, 0.3) is 0 Å². The second kappa shape index (κ2) is 14.4. The van der Waals surface area contributed by atoms with Gasteiger partial charge in [-0.2, -0.15) is 0 Å². The number of hydrogen-bond acceptors (Lipinski definition) is 0. The first-order chi connectivity index (χ1) is 11.1. The summed E-state index contributed by atoms with van der Waals surface area (Å²) in [6.07, 6.45) is 0. The summed E-state index contributed by atoms with van der Waals surface area (Å²) in [4.78, 5) is 0. The van der Waals surface area contributed by atoms with E-state index in [4.69, 9.17) is 9.30 Å². The van der Waals surface area contributed by atoms with E-state index >= 15 is 0 Å². The van der Waals surface area contributed by atoms with Crippen molar-refractivity contribution in [3.05, 3.63) is 72.5 Å². The molecule has 0 aromatic heterocycles. The molecule has 0 amide bonds. The predicted octanol–water partition coefficient (Wildman–Crippen LogP) is 5.87. The third-order valence-electron chi connectivity index (χ3n) is 5.62. The van der Waals surface area contributed by atoms with Crippen LogP contribution in [0.3, 0.4) is 0 Å². The van der Waals surface area contributed by atoms with Crippen LogP contribution in [0, 0.1) is 72.5 Å². The summed E-state index contributed by atoms with van der Waals surface area (Å²) < 4.78 is 15.0. The topological polar surface area (TPSA) is 39.8 Å². The zero-order valence-electron chi connectivity index (χ0n) is 17.3. The van der Waals surface area contributed by atoms with Crippen LogP contribution in [0.5, 0.6) is 0 Å². The predicted molar refractivity (Wildman–Crippen MR) is 97.0 cm³/mol. The molecule has 0 N–H and O–H groups in total. The van der Waals surface area contributed by atoms with E-state index < -0.39 is 0 Å². The maximum absolute atomic E-state index is 7.50. The summed E-state index contributed by atoms with van der Waals surface area (Å²) >= 11 is 0. The van der Waals surface area contributed by atoms with Crippen molar-refractivity contribution < 1.29 is 35.5 Å². The van der Waals surface area contributed by atoms with Crippen LogP contribution in [-0.4, -0.2) is 0 Å². The molecule has 2 nitrogen and oxygen atoms in total. The molecular weight excluding hydrogens is 387 g/mol. The fourth-order valence-corrected chi connectivity index (χ4v) is 2.81. The molecule has 0 unspecified atom stereocenters. The molecule has 134 valence electrons. The molecule has 0 bridgehead atoms. The van der Waals surface area contributed by atoms with Crippen LogP contribution < -0.4 is 0 Å². The van der Waals surface area contributed by atoms with E-state index in [0.717, 1.165) is 0 Å². The van der Waals surface area contributed by atoms with E-state index in [-0.39, 0.29) is 26.2 Å². The molecule has 2 aliphatic carbocycles. The van der Waals surface area contributed by atoms with Crippen molar-refractivity contribution >= 4 is 0 Å². The first-order valence-corrected chi connectivity index (χ1v) is 7.91. The first-order valence-electron chi connectivity index (χ1n) is 7.91. The van der Waals surface area contributed by atoms with Gasteiger partial charge in [-0.05, 0) is 59.2 Å². The van der Waals surface area contributed by atoms with Crippen molar-refractivity contribution in [3.63, 3.8) is 0 Å². The molecule has 2 saturated carbocycles. The molecule has 2 rings (SSSR count). The van der Waals surface area contributed by atoms with Gasteiger partial charge in [0.15, 0.2) is 0 Å². The van der Waals surface area contributed by atoms with Crippen molar-refractivity contribution in [2.24, 2.45) is 0 Å². The third kappa shape index (κ3) is 7.48. The van der Waals surface area contributed by atoms with Gasteiger partial charge in [-0.3, -0.25) is 0 Å². The van der Waals surface area contributed by atoms with Crippen LogP contribution in [0.1, 0.15) is 69.2 Å². The summed E-state index contributed by atoms with van der Waals surface area (Å²) in [5.74, 6) is 14.7. The van der Waals surface area contributed by atoms with E-state index in [9.17, 15) is 0 Å². The summed E-state index contributed by atoms with van der Waals surface area (Å²) in [7, 11) is 0. The second-order valence-corrected chi connectivity index (χ2v) is 6.25. The minimum Gasteiger partial charge on any atom is 0 e. The van der Waals surface area contributed by atoms with Gasteiger partial charge in [0, 0.05) is 26.2 Å². The molecule has 0 saturated heterocycles. The fraction of sp³-hybridized carbons (Fsp3) is 0.455. The van der Waals surface area contributed by atoms with Crippen molar-refractivity contribution in [2.45, 2.75) is 69.2 Å². The molecule has 0 spiro atoms. The SMILES string of the molecule is C[C]1[C](C)[C](C)[C](C)[C]1C.C[C]1[C](C)[C](C)[C](C)[C]1C.[C-]#[O+].[C-]#[O+].[Zr]. The van der Waals surface area contributed by atoms with Gasteiger partial charge in [0.05, 0.1) is 0 Å². The van der Waals surface area contributed by atoms with Gasteiger partial charge in [0.25, 0.3) is 0 Å². The molecular formula is C22H30O2Zr. The van der Waals surface area contributed by atoms with Crippen LogP contribution in [0.15, 0.2) is 0 Å². The van der Waals surface area contributed by atoms with Crippen molar-refractivity contribution in [3.8, 4) is 0 Å². The van der Waals surface area contributed by atoms with E-state index in [0.29, 0.717) is 0 Å². The molecule has 10 radical (unpaired) electrons. The molecule has 3 heteroatoms. The quantitative estimate of drug-likeness (QED) is 0.349. The normalized spacial score (nSPS) is 23.0. The Labute approximate surface area is 176 Å². The van der Waals surface area contributed by atoms with Gasteiger partial charge in [-0.25, -0.2) is 0 Å². The van der Waals surface area contributed by atoms with Crippen LogP contribution in [-0.2, 0) is 35.5 Å². The minimum absolute atomic E-state index is 0. The summed E-state index contributed by atoms with van der Waals surface area (Å²) in [5.41, 5.74) is 0. The van der Waals surface area contributed by atoms with Crippen LogP contribution >= 0.6 is 0 Å². The van der Waals surface area contributed by atoms with Crippen LogP contribution in [0.4, 0.5) is 0 Å². The summed E-state index contributed by atoms with van der Waals surface area (Å²) in [5, 5.41) is 0. The zero-order chi connectivity index (χ0) is 19.8. The molecule has 0 heterocycles. The largest absolute Gasteiger partial charge is 0 e. The van der Waals surface area contributed by atoms with Crippen LogP contribution in [0.2, 0.25) is 0 Å². The Bertz CT molecular complexity index is 253. The van der Waals surface area contributed by atoms with E-state index in [1.165, 1.54) is 59.2 Å². The summed E-state index contributed by atoms with van der Waals surface area (Å²) in [6.45, 7) is 31.0. The maximum atomic E-state index is 7.50. The smallest absolute Gasteiger partial charge is 0 e. The van der Waals surface area contributed by atoms with Gasteiger partial charge in [0.2, 0.25) is 0 Å². The molecule has 0 aromatic carbocycles. The summed E-state index contributed by atoms with van der Waals surface area (Å²) in [6, 6.07) is 0. The van der Waals surface area contributed by atoms with Gasteiger partial charge in [0.1, 0.15) is 0 Å². The molecule has 0 aliphatic heterocycles. The Kier molecular flexibility index (Phi) is 17.4. The first kappa shape index (κ1) is 30.1. The van der Waals surface area contributed by atoms with E-state index in [2.05, 4.69) is 82.5 Å². The number of hydrogen-bond donors (Lipinski definition) is 0. The minimum atomic E-state index is 0. The molecule has 25 heavy (non-hydrogen) atoms. The van der Waals surface area contributed by atoms with Crippen molar-refractivity contribution in [1.29, 1.82) is 0 Å².